The Balaban J connectivity index is 1.95. The lowest BCUT2D eigenvalue weighted by atomic mass is 10.0. The molecule has 2 aromatic carbocycles. The number of fused-ring (bicyclic) bond motifs is 5. The van der Waals surface area contributed by atoms with Crippen LogP contribution in [0.5, 0.6) is 5.75 Å². The van der Waals surface area contributed by atoms with Gasteiger partial charge in [0.15, 0.2) is 0 Å². The van der Waals surface area contributed by atoms with Gasteiger partial charge >= 0.3 is 6.16 Å². The average molecular weight is 291 g/mol. The number of hydrogen-bond acceptors (Lipinski definition) is 2. The van der Waals surface area contributed by atoms with E-state index in [9.17, 15) is 4.79 Å². The first-order valence-electron chi connectivity index (χ1n) is 7.02. The van der Waals surface area contributed by atoms with Gasteiger partial charge in [-0.25, -0.2) is 4.79 Å². The molecule has 1 aromatic heterocycles. The van der Waals surface area contributed by atoms with E-state index in [0.717, 1.165) is 23.1 Å². The summed E-state index contributed by atoms with van der Waals surface area (Å²) in [6.07, 6.45) is 2.93. The van der Waals surface area contributed by atoms with Crippen molar-refractivity contribution in [2.24, 2.45) is 0 Å². The van der Waals surface area contributed by atoms with Crippen molar-refractivity contribution in [3.05, 3.63) is 60.2 Å². The minimum atomic E-state index is -1.30. The molecular formula is C18H13NO3. The number of rotatable bonds is 1. The Morgan fingerprint density at radius 1 is 1.14 bits per heavy atom. The minimum Gasteiger partial charge on any atom is -0.449 e. The zero-order chi connectivity index (χ0) is 15.1. The van der Waals surface area contributed by atoms with E-state index in [0.29, 0.717) is 5.75 Å². The molecule has 0 radical (unpaired) electrons. The quantitative estimate of drug-likeness (QED) is 0.534. The highest BCUT2D eigenvalue weighted by Gasteiger charge is 2.15. The van der Waals surface area contributed by atoms with Crippen LogP contribution in [0.15, 0.2) is 54.6 Å². The molecule has 0 saturated heterocycles. The number of benzene rings is 2. The van der Waals surface area contributed by atoms with Crippen LogP contribution in [0.25, 0.3) is 28.2 Å². The van der Waals surface area contributed by atoms with E-state index in [-0.39, 0.29) is 0 Å². The van der Waals surface area contributed by atoms with Crippen molar-refractivity contribution in [3.8, 4) is 17.0 Å². The Kier molecular flexibility index (Phi) is 2.76. The molecule has 0 atom stereocenters. The number of aromatic nitrogens is 1. The summed E-state index contributed by atoms with van der Waals surface area (Å²) in [4.78, 5) is 10.7. The SMILES string of the molecule is O=C(O)Oc1ccc2cc3n(c2c1)CC=Cc1ccccc1-3. The van der Waals surface area contributed by atoms with Crippen LogP contribution in [0, 0.1) is 0 Å². The average Bonchev–Trinajstić information content (AvgIpc) is 2.75. The molecule has 3 aromatic rings. The summed E-state index contributed by atoms with van der Waals surface area (Å²) < 4.78 is 6.94. The van der Waals surface area contributed by atoms with E-state index in [4.69, 9.17) is 9.84 Å². The summed E-state index contributed by atoms with van der Waals surface area (Å²) in [5, 5.41) is 9.83. The second-order valence-electron chi connectivity index (χ2n) is 5.22. The fraction of sp³-hybridized carbons (Fsp3) is 0.0556. The van der Waals surface area contributed by atoms with Gasteiger partial charge in [-0.15, -0.1) is 0 Å². The summed E-state index contributed by atoms with van der Waals surface area (Å²) in [5.41, 5.74) is 4.46. The van der Waals surface area contributed by atoms with Gasteiger partial charge in [-0.3, -0.25) is 0 Å². The third-order valence-electron chi connectivity index (χ3n) is 3.90. The van der Waals surface area contributed by atoms with Crippen LogP contribution in [-0.2, 0) is 6.54 Å². The van der Waals surface area contributed by atoms with E-state index >= 15 is 0 Å². The van der Waals surface area contributed by atoms with Crippen molar-refractivity contribution in [2.75, 3.05) is 0 Å². The van der Waals surface area contributed by atoms with Gasteiger partial charge in [-0.05, 0) is 23.8 Å². The molecule has 4 rings (SSSR count). The molecule has 0 fully saturated rings. The summed E-state index contributed by atoms with van der Waals surface area (Å²) in [7, 11) is 0. The van der Waals surface area contributed by atoms with E-state index in [1.807, 2.05) is 18.2 Å². The fourth-order valence-electron chi connectivity index (χ4n) is 2.98. The summed E-state index contributed by atoms with van der Waals surface area (Å²) >= 11 is 0. The van der Waals surface area contributed by atoms with Crippen LogP contribution >= 0.6 is 0 Å². The Hall–Kier alpha value is -3.01. The summed E-state index contributed by atoms with van der Waals surface area (Å²) in [6.45, 7) is 0.740. The van der Waals surface area contributed by atoms with Crippen LogP contribution in [0.2, 0.25) is 0 Å². The third kappa shape index (κ3) is 1.97. The number of allylic oxidation sites excluding steroid dienone is 1. The number of carbonyl (C=O) groups is 1. The normalized spacial score (nSPS) is 12.5. The Morgan fingerprint density at radius 2 is 2.00 bits per heavy atom. The Morgan fingerprint density at radius 3 is 2.86 bits per heavy atom. The third-order valence-corrected chi connectivity index (χ3v) is 3.90. The van der Waals surface area contributed by atoms with Gasteiger partial charge in [0.05, 0.1) is 5.52 Å². The highest BCUT2D eigenvalue weighted by Crippen LogP contribution is 2.34. The van der Waals surface area contributed by atoms with Gasteiger partial charge in [0.25, 0.3) is 0 Å². The number of hydrogen-bond donors (Lipinski definition) is 1. The first-order valence-corrected chi connectivity index (χ1v) is 7.02. The molecule has 0 spiro atoms. The summed E-state index contributed by atoms with van der Waals surface area (Å²) in [5.74, 6) is 0.336. The predicted octanol–water partition coefficient (Wildman–Crippen LogP) is 4.39. The molecule has 108 valence electrons. The second kappa shape index (κ2) is 4.77. The van der Waals surface area contributed by atoms with Crippen molar-refractivity contribution >= 4 is 23.1 Å². The van der Waals surface area contributed by atoms with Crippen molar-refractivity contribution in [1.82, 2.24) is 4.57 Å². The van der Waals surface area contributed by atoms with Gasteiger partial charge in [0.2, 0.25) is 0 Å². The van der Waals surface area contributed by atoms with E-state index in [1.54, 1.807) is 12.1 Å². The molecule has 1 aliphatic rings. The minimum absolute atomic E-state index is 0.336. The lowest BCUT2D eigenvalue weighted by molar-refractivity contribution is 0.144. The maximum absolute atomic E-state index is 10.7. The number of carboxylic acid groups (broad SMARTS) is 1. The van der Waals surface area contributed by atoms with Gasteiger partial charge < -0.3 is 14.4 Å². The molecule has 0 unspecified atom stereocenters. The van der Waals surface area contributed by atoms with Gasteiger partial charge in [-0.1, -0.05) is 36.4 Å². The standard InChI is InChI=1S/C18H13NO3/c20-18(21)22-14-8-7-13-10-17-15-6-2-1-4-12(15)5-3-9-19(17)16(13)11-14/h1-8,10-11H,9H2,(H,20,21). The molecular weight excluding hydrogens is 278 g/mol. The zero-order valence-electron chi connectivity index (χ0n) is 11.7. The lowest BCUT2D eigenvalue weighted by Crippen LogP contribution is -2.03. The van der Waals surface area contributed by atoms with Crippen LogP contribution in [0.3, 0.4) is 0 Å². The van der Waals surface area contributed by atoms with Gasteiger partial charge in [-0.2, -0.15) is 0 Å². The number of nitrogens with zero attached hydrogens (tertiary/aromatic N) is 1. The predicted molar refractivity (Wildman–Crippen MR) is 85.1 cm³/mol. The number of ether oxygens (including phenoxy) is 1. The van der Waals surface area contributed by atoms with Gasteiger partial charge in [0.1, 0.15) is 5.75 Å². The molecule has 22 heavy (non-hydrogen) atoms. The molecule has 4 nitrogen and oxygen atoms in total. The monoisotopic (exact) mass is 291 g/mol. The Bertz CT molecular complexity index is 921. The van der Waals surface area contributed by atoms with Crippen LogP contribution in [0.4, 0.5) is 4.79 Å². The smallest absolute Gasteiger partial charge is 0.449 e. The maximum atomic E-state index is 10.7. The van der Waals surface area contributed by atoms with Crippen molar-refractivity contribution in [2.45, 2.75) is 6.54 Å². The van der Waals surface area contributed by atoms with Crippen molar-refractivity contribution < 1.29 is 14.6 Å². The van der Waals surface area contributed by atoms with Crippen molar-refractivity contribution in [1.29, 1.82) is 0 Å². The highest BCUT2D eigenvalue weighted by atomic mass is 16.7. The second-order valence-corrected chi connectivity index (χ2v) is 5.22. The molecule has 4 heteroatoms. The van der Waals surface area contributed by atoms with Crippen LogP contribution in [-0.4, -0.2) is 15.8 Å². The van der Waals surface area contributed by atoms with Gasteiger partial charge in [0, 0.05) is 29.3 Å². The van der Waals surface area contributed by atoms with Crippen LogP contribution < -0.4 is 4.74 Å². The van der Waals surface area contributed by atoms with E-state index in [1.165, 1.54) is 11.1 Å². The summed E-state index contributed by atoms with van der Waals surface area (Å²) in [6, 6.07) is 15.7. The molecule has 0 saturated carbocycles. The lowest BCUT2D eigenvalue weighted by Gasteiger charge is -2.08. The van der Waals surface area contributed by atoms with E-state index < -0.39 is 6.16 Å². The first kappa shape index (κ1) is 12.7. The molecule has 2 heterocycles. The van der Waals surface area contributed by atoms with E-state index in [2.05, 4.69) is 34.9 Å². The highest BCUT2D eigenvalue weighted by molar-refractivity contribution is 5.90. The van der Waals surface area contributed by atoms with Crippen molar-refractivity contribution in [3.63, 3.8) is 0 Å². The molecule has 0 bridgehead atoms. The maximum Gasteiger partial charge on any atom is 0.511 e. The Labute approximate surface area is 126 Å². The van der Waals surface area contributed by atoms with Crippen LogP contribution in [0.1, 0.15) is 5.56 Å². The largest absolute Gasteiger partial charge is 0.511 e. The molecule has 1 aliphatic heterocycles. The molecule has 0 amide bonds. The molecule has 0 aliphatic carbocycles. The zero-order valence-corrected chi connectivity index (χ0v) is 11.7. The molecule has 1 N–H and O–H groups in total. The first-order chi connectivity index (χ1) is 10.7. The fourth-order valence-corrected chi connectivity index (χ4v) is 2.98. The topological polar surface area (TPSA) is 51.5 Å².